The molecule has 0 aliphatic rings. The second kappa shape index (κ2) is 5.25. The Labute approximate surface area is 106 Å². The highest BCUT2D eigenvalue weighted by Gasteiger charge is 2.16. The van der Waals surface area contributed by atoms with Crippen LogP contribution in [0.5, 0.6) is 0 Å². The van der Waals surface area contributed by atoms with Crippen molar-refractivity contribution in [2.45, 2.75) is 6.54 Å². The first-order valence-corrected chi connectivity index (χ1v) is 5.22. The predicted octanol–water partition coefficient (Wildman–Crippen LogP) is 0.754. The standard InChI is InChI=1S/C11H9FN4O3/c12-8-3-1-2-7(11(18)19)10(8)15-9(17)4-16-6-13-5-14-16/h1-3,5-6H,4H2,(H,15,17)(H,18,19). The molecule has 2 rings (SSSR count). The first kappa shape index (κ1) is 12.7. The molecule has 2 aromatic rings. The maximum Gasteiger partial charge on any atom is 0.337 e. The molecule has 0 aliphatic heterocycles. The van der Waals surface area contributed by atoms with Gasteiger partial charge in [0.1, 0.15) is 25.0 Å². The largest absolute Gasteiger partial charge is 0.478 e. The zero-order valence-electron chi connectivity index (χ0n) is 9.58. The second-order valence-corrected chi connectivity index (χ2v) is 3.61. The van der Waals surface area contributed by atoms with Crippen LogP contribution < -0.4 is 5.32 Å². The van der Waals surface area contributed by atoms with E-state index in [-0.39, 0.29) is 17.8 Å². The number of nitrogens with zero attached hydrogens (tertiary/aromatic N) is 3. The van der Waals surface area contributed by atoms with Crippen molar-refractivity contribution in [1.29, 1.82) is 0 Å². The van der Waals surface area contributed by atoms with Crippen LogP contribution in [0, 0.1) is 5.82 Å². The van der Waals surface area contributed by atoms with E-state index in [2.05, 4.69) is 15.4 Å². The number of carboxylic acid groups (broad SMARTS) is 1. The number of para-hydroxylation sites is 1. The summed E-state index contributed by atoms with van der Waals surface area (Å²) in [5.41, 5.74) is -0.674. The van der Waals surface area contributed by atoms with Gasteiger partial charge in [-0.05, 0) is 12.1 Å². The van der Waals surface area contributed by atoms with E-state index in [0.29, 0.717) is 0 Å². The molecule has 0 unspecified atom stereocenters. The number of carboxylic acids is 1. The average molecular weight is 264 g/mol. The summed E-state index contributed by atoms with van der Waals surface area (Å²) in [6.07, 6.45) is 2.57. The van der Waals surface area contributed by atoms with E-state index in [9.17, 15) is 14.0 Å². The SMILES string of the molecule is O=C(Cn1cncn1)Nc1c(F)cccc1C(=O)O. The van der Waals surface area contributed by atoms with Crippen molar-refractivity contribution >= 4 is 17.6 Å². The summed E-state index contributed by atoms with van der Waals surface area (Å²) >= 11 is 0. The van der Waals surface area contributed by atoms with Gasteiger partial charge in [-0.2, -0.15) is 5.10 Å². The first-order chi connectivity index (χ1) is 9.08. The van der Waals surface area contributed by atoms with Crippen molar-refractivity contribution in [2.75, 3.05) is 5.32 Å². The lowest BCUT2D eigenvalue weighted by Gasteiger charge is -2.09. The molecule has 1 aromatic heterocycles. The topological polar surface area (TPSA) is 97.1 Å². The zero-order chi connectivity index (χ0) is 13.8. The summed E-state index contributed by atoms with van der Waals surface area (Å²) < 4.78 is 14.8. The lowest BCUT2D eigenvalue weighted by Crippen LogP contribution is -2.21. The van der Waals surface area contributed by atoms with Gasteiger partial charge in [0, 0.05) is 0 Å². The van der Waals surface area contributed by atoms with Crippen LogP contribution in [0.15, 0.2) is 30.9 Å². The molecule has 0 saturated carbocycles. The monoisotopic (exact) mass is 264 g/mol. The smallest absolute Gasteiger partial charge is 0.337 e. The quantitative estimate of drug-likeness (QED) is 0.849. The third-order valence-corrected chi connectivity index (χ3v) is 2.28. The van der Waals surface area contributed by atoms with E-state index in [1.165, 1.54) is 29.5 Å². The lowest BCUT2D eigenvalue weighted by molar-refractivity contribution is -0.116. The minimum absolute atomic E-state index is 0.187. The molecule has 1 amide bonds. The number of benzene rings is 1. The molecule has 7 nitrogen and oxygen atoms in total. The Hall–Kier alpha value is -2.77. The van der Waals surface area contributed by atoms with Crippen LogP contribution in [0.4, 0.5) is 10.1 Å². The molecule has 1 aromatic carbocycles. The van der Waals surface area contributed by atoms with Crippen LogP contribution in [0.1, 0.15) is 10.4 Å². The third-order valence-electron chi connectivity index (χ3n) is 2.28. The molecule has 0 fully saturated rings. The fourth-order valence-corrected chi connectivity index (χ4v) is 1.47. The summed E-state index contributed by atoms with van der Waals surface area (Å²) in [6.45, 7) is -0.187. The number of anilines is 1. The predicted molar refractivity (Wildman–Crippen MR) is 62.0 cm³/mol. The van der Waals surface area contributed by atoms with Gasteiger partial charge < -0.3 is 10.4 Å². The summed E-state index contributed by atoms with van der Waals surface area (Å²) in [5, 5.41) is 14.8. The van der Waals surface area contributed by atoms with Crippen LogP contribution in [0.2, 0.25) is 0 Å². The normalized spacial score (nSPS) is 10.2. The molecule has 98 valence electrons. The molecular weight excluding hydrogens is 255 g/mol. The van der Waals surface area contributed by atoms with Gasteiger partial charge in [-0.25, -0.2) is 18.9 Å². The van der Waals surface area contributed by atoms with Crippen LogP contribution in [-0.4, -0.2) is 31.7 Å². The highest BCUT2D eigenvalue weighted by molar-refractivity contribution is 6.00. The number of carbonyl (C=O) groups excluding carboxylic acids is 1. The Morgan fingerprint density at radius 2 is 2.21 bits per heavy atom. The molecule has 0 aliphatic carbocycles. The van der Waals surface area contributed by atoms with E-state index in [4.69, 9.17) is 5.11 Å². The van der Waals surface area contributed by atoms with E-state index in [1.54, 1.807) is 0 Å². The molecule has 0 spiro atoms. The van der Waals surface area contributed by atoms with E-state index >= 15 is 0 Å². The van der Waals surface area contributed by atoms with Crippen LogP contribution in [-0.2, 0) is 11.3 Å². The average Bonchev–Trinajstić information content (AvgIpc) is 2.84. The van der Waals surface area contributed by atoms with Gasteiger partial charge in [0.25, 0.3) is 0 Å². The molecule has 8 heteroatoms. The summed E-state index contributed by atoms with van der Waals surface area (Å²) in [7, 11) is 0. The van der Waals surface area contributed by atoms with E-state index in [1.807, 2.05) is 0 Å². The van der Waals surface area contributed by atoms with Gasteiger partial charge in [-0.15, -0.1) is 0 Å². The summed E-state index contributed by atoms with van der Waals surface area (Å²) in [6, 6.07) is 3.53. The van der Waals surface area contributed by atoms with Crippen molar-refractivity contribution in [3.8, 4) is 0 Å². The number of aromatic carboxylic acids is 1. The number of nitrogens with one attached hydrogen (secondary N) is 1. The van der Waals surface area contributed by atoms with Gasteiger partial charge >= 0.3 is 5.97 Å². The first-order valence-electron chi connectivity index (χ1n) is 5.22. The van der Waals surface area contributed by atoms with Crippen molar-refractivity contribution in [3.63, 3.8) is 0 Å². The molecular formula is C11H9FN4O3. The lowest BCUT2D eigenvalue weighted by atomic mass is 10.1. The fourth-order valence-electron chi connectivity index (χ4n) is 1.47. The molecule has 0 saturated heterocycles. The number of rotatable bonds is 4. The number of hydrogen-bond donors (Lipinski definition) is 2. The van der Waals surface area contributed by atoms with Crippen molar-refractivity contribution < 1.29 is 19.1 Å². The Morgan fingerprint density at radius 3 is 2.84 bits per heavy atom. The molecule has 0 atom stereocenters. The Balaban J connectivity index is 2.19. The number of carbonyl (C=O) groups is 2. The Bertz CT molecular complexity index is 612. The summed E-state index contributed by atoms with van der Waals surface area (Å²) in [5.74, 6) is -2.74. The molecule has 2 N–H and O–H groups in total. The summed E-state index contributed by atoms with van der Waals surface area (Å²) in [4.78, 5) is 26.2. The Kier molecular flexibility index (Phi) is 3.51. The molecule has 0 bridgehead atoms. The highest BCUT2D eigenvalue weighted by atomic mass is 19.1. The number of halogens is 1. The maximum atomic E-state index is 13.5. The van der Waals surface area contributed by atoms with Gasteiger partial charge in [-0.3, -0.25) is 4.79 Å². The van der Waals surface area contributed by atoms with Crippen LogP contribution >= 0.6 is 0 Å². The number of hydrogen-bond acceptors (Lipinski definition) is 4. The van der Waals surface area contributed by atoms with Gasteiger partial charge in [0.2, 0.25) is 5.91 Å². The van der Waals surface area contributed by atoms with Gasteiger partial charge in [0.05, 0.1) is 11.3 Å². The maximum absolute atomic E-state index is 13.5. The molecule has 1 heterocycles. The second-order valence-electron chi connectivity index (χ2n) is 3.61. The molecule has 0 radical (unpaired) electrons. The van der Waals surface area contributed by atoms with E-state index < -0.39 is 17.7 Å². The van der Waals surface area contributed by atoms with Crippen molar-refractivity contribution in [3.05, 3.63) is 42.2 Å². The molecule has 19 heavy (non-hydrogen) atoms. The van der Waals surface area contributed by atoms with Crippen LogP contribution in [0.3, 0.4) is 0 Å². The number of aromatic nitrogens is 3. The number of amides is 1. The van der Waals surface area contributed by atoms with Crippen molar-refractivity contribution in [1.82, 2.24) is 14.8 Å². The Morgan fingerprint density at radius 1 is 1.42 bits per heavy atom. The fraction of sp³-hybridized carbons (Fsp3) is 0.0909. The van der Waals surface area contributed by atoms with Crippen molar-refractivity contribution in [2.24, 2.45) is 0 Å². The minimum atomic E-state index is -1.32. The minimum Gasteiger partial charge on any atom is -0.478 e. The highest BCUT2D eigenvalue weighted by Crippen LogP contribution is 2.19. The van der Waals surface area contributed by atoms with Crippen LogP contribution in [0.25, 0.3) is 0 Å². The van der Waals surface area contributed by atoms with Gasteiger partial charge in [0.15, 0.2) is 0 Å². The van der Waals surface area contributed by atoms with Gasteiger partial charge in [-0.1, -0.05) is 6.07 Å². The van der Waals surface area contributed by atoms with E-state index in [0.717, 1.165) is 6.07 Å². The zero-order valence-corrected chi connectivity index (χ0v) is 9.58. The third kappa shape index (κ3) is 2.92.